The third kappa shape index (κ3) is 4.57. The largest absolute Gasteiger partial charge is 0.454 e. The van der Waals surface area contributed by atoms with E-state index in [2.05, 4.69) is 15.4 Å². The average molecular weight is 377 g/mol. The Balaban J connectivity index is 1.58. The number of carbonyl (C=O) groups is 1. The molecule has 0 bridgehead atoms. The first-order chi connectivity index (χ1) is 12.3. The SMILES string of the molecule is C[C@@H](Nc1ccc(NS(C)(=O)=O)cc1)C(=O)Nc1ccc2c(c1)OCO2. The Morgan fingerprint density at radius 3 is 2.31 bits per heavy atom. The van der Waals surface area contributed by atoms with Gasteiger partial charge in [-0.3, -0.25) is 9.52 Å². The third-order valence-electron chi connectivity index (χ3n) is 3.60. The van der Waals surface area contributed by atoms with Gasteiger partial charge in [0, 0.05) is 23.1 Å². The molecule has 1 atom stereocenters. The predicted octanol–water partition coefficient (Wildman–Crippen LogP) is 2.23. The lowest BCUT2D eigenvalue weighted by Crippen LogP contribution is -2.31. The molecule has 0 radical (unpaired) electrons. The molecular formula is C17H19N3O5S. The molecule has 26 heavy (non-hydrogen) atoms. The minimum absolute atomic E-state index is 0.175. The number of benzene rings is 2. The van der Waals surface area contributed by atoms with E-state index in [4.69, 9.17) is 9.47 Å². The summed E-state index contributed by atoms with van der Waals surface area (Å²) in [6.45, 7) is 1.90. The zero-order chi connectivity index (χ0) is 18.7. The molecule has 0 saturated heterocycles. The second kappa shape index (κ2) is 7.12. The lowest BCUT2D eigenvalue weighted by Gasteiger charge is -2.16. The Bertz CT molecular complexity index is 912. The van der Waals surface area contributed by atoms with Crippen LogP contribution in [0, 0.1) is 0 Å². The molecule has 0 spiro atoms. The lowest BCUT2D eigenvalue weighted by atomic mass is 10.2. The average Bonchev–Trinajstić information content (AvgIpc) is 3.03. The molecule has 2 aromatic rings. The van der Waals surface area contributed by atoms with E-state index in [9.17, 15) is 13.2 Å². The van der Waals surface area contributed by atoms with Crippen LogP contribution in [0.1, 0.15) is 6.92 Å². The quantitative estimate of drug-likeness (QED) is 0.713. The van der Waals surface area contributed by atoms with Crippen molar-refractivity contribution in [1.82, 2.24) is 0 Å². The van der Waals surface area contributed by atoms with Crippen LogP contribution in [0.3, 0.4) is 0 Å². The number of rotatable bonds is 6. The normalized spacial score (nSPS) is 13.8. The predicted molar refractivity (Wildman–Crippen MR) is 99.2 cm³/mol. The maximum absolute atomic E-state index is 12.3. The van der Waals surface area contributed by atoms with Gasteiger partial charge in [0.05, 0.1) is 6.26 Å². The molecule has 9 heteroatoms. The molecule has 1 aliphatic rings. The van der Waals surface area contributed by atoms with E-state index in [1.807, 2.05) is 0 Å². The Morgan fingerprint density at radius 1 is 1.00 bits per heavy atom. The van der Waals surface area contributed by atoms with Crippen molar-refractivity contribution in [2.24, 2.45) is 0 Å². The number of fused-ring (bicyclic) bond motifs is 1. The number of carbonyl (C=O) groups excluding carboxylic acids is 1. The number of sulfonamides is 1. The first kappa shape index (κ1) is 17.9. The van der Waals surface area contributed by atoms with Crippen LogP contribution in [-0.4, -0.2) is 33.4 Å². The zero-order valence-corrected chi connectivity index (χ0v) is 15.1. The summed E-state index contributed by atoms with van der Waals surface area (Å²) in [5.41, 5.74) is 1.76. The summed E-state index contributed by atoms with van der Waals surface area (Å²) < 4.78 is 35.3. The van der Waals surface area contributed by atoms with E-state index in [1.54, 1.807) is 49.4 Å². The van der Waals surface area contributed by atoms with Crippen molar-refractivity contribution in [1.29, 1.82) is 0 Å². The van der Waals surface area contributed by atoms with Crippen LogP contribution in [0.2, 0.25) is 0 Å². The number of anilines is 3. The molecule has 1 amide bonds. The molecule has 0 aromatic heterocycles. The number of hydrogen-bond donors (Lipinski definition) is 3. The zero-order valence-electron chi connectivity index (χ0n) is 14.3. The summed E-state index contributed by atoms with van der Waals surface area (Å²) in [6.07, 6.45) is 1.09. The van der Waals surface area contributed by atoms with Gasteiger partial charge in [-0.15, -0.1) is 0 Å². The van der Waals surface area contributed by atoms with E-state index in [1.165, 1.54) is 0 Å². The van der Waals surface area contributed by atoms with E-state index >= 15 is 0 Å². The summed E-state index contributed by atoms with van der Waals surface area (Å²) in [6, 6.07) is 11.3. The van der Waals surface area contributed by atoms with Gasteiger partial charge >= 0.3 is 0 Å². The minimum Gasteiger partial charge on any atom is -0.454 e. The van der Waals surface area contributed by atoms with Crippen molar-refractivity contribution >= 4 is 33.0 Å². The summed E-state index contributed by atoms with van der Waals surface area (Å²) in [5, 5.41) is 5.86. The fourth-order valence-corrected chi connectivity index (χ4v) is 2.95. The Morgan fingerprint density at radius 2 is 1.62 bits per heavy atom. The molecule has 138 valence electrons. The van der Waals surface area contributed by atoms with Gasteiger partial charge in [0.15, 0.2) is 11.5 Å². The van der Waals surface area contributed by atoms with Crippen LogP contribution >= 0.6 is 0 Å². The van der Waals surface area contributed by atoms with Crippen molar-refractivity contribution in [3.63, 3.8) is 0 Å². The highest BCUT2D eigenvalue weighted by Crippen LogP contribution is 2.34. The molecule has 1 heterocycles. The van der Waals surface area contributed by atoms with Gasteiger partial charge in [-0.1, -0.05) is 0 Å². The summed E-state index contributed by atoms with van der Waals surface area (Å²) in [4.78, 5) is 12.3. The van der Waals surface area contributed by atoms with Gasteiger partial charge in [-0.25, -0.2) is 8.42 Å². The lowest BCUT2D eigenvalue weighted by molar-refractivity contribution is -0.116. The fourth-order valence-electron chi connectivity index (χ4n) is 2.39. The highest BCUT2D eigenvalue weighted by molar-refractivity contribution is 7.92. The van der Waals surface area contributed by atoms with Crippen LogP contribution < -0.4 is 24.8 Å². The Kier molecular flexibility index (Phi) is 4.90. The van der Waals surface area contributed by atoms with Gasteiger partial charge in [0.2, 0.25) is 22.7 Å². The maximum atomic E-state index is 12.3. The molecule has 3 N–H and O–H groups in total. The molecule has 2 aromatic carbocycles. The summed E-state index contributed by atoms with van der Waals surface area (Å²) in [7, 11) is -3.32. The van der Waals surface area contributed by atoms with Crippen molar-refractivity contribution in [3.05, 3.63) is 42.5 Å². The third-order valence-corrected chi connectivity index (χ3v) is 4.21. The van der Waals surface area contributed by atoms with E-state index in [0.29, 0.717) is 28.6 Å². The molecule has 0 aliphatic carbocycles. The van der Waals surface area contributed by atoms with Gasteiger partial charge in [0.1, 0.15) is 6.04 Å². The highest BCUT2D eigenvalue weighted by Gasteiger charge is 2.17. The summed E-state index contributed by atoms with van der Waals surface area (Å²) >= 11 is 0. The van der Waals surface area contributed by atoms with Gasteiger partial charge in [-0.05, 0) is 43.3 Å². The Labute approximate surface area is 151 Å². The molecule has 1 aliphatic heterocycles. The fraction of sp³-hybridized carbons (Fsp3) is 0.235. The smallest absolute Gasteiger partial charge is 0.246 e. The van der Waals surface area contributed by atoms with Crippen LogP contribution in [0.25, 0.3) is 0 Å². The molecule has 3 rings (SSSR count). The van der Waals surface area contributed by atoms with Crippen LogP contribution in [-0.2, 0) is 14.8 Å². The second-order valence-electron chi connectivity index (χ2n) is 5.87. The Hall–Kier alpha value is -2.94. The number of amides is 1. The molecule has 0 saturated carbocycles. The van der Waals surface area contributed by atoms with Crippen LogP contribution in [0.15, 0.2) is 42.5 Å². The minimum atomic E-state index is -3.32. The van der Waals surface area contributed by atoms with Crippen LogP contribution in [0.4, 0.5) is 17.1 Å². The van der Waals surface area contributed by atoms with Gasteiger partial charge in [-0.2, -0.15) is 0 Å². The van der Waals surface area contributed by atoms with Crippen molar-refractivity contribution < 1.29 is 22.7 Å². The van der Waals surface area contributed by atoms with Gasteiger partial charge < -0.3 is 20.1 Å². The summed E-state index contributed by atoms with van der Waals surface area (Å²) in [5.74, 6) is 1.02. The van der Waals surface area contributed by atoms with E-state index in [0.717, 1.165) is 6.26 Å². The standard InChI is InChI=1S/C17H19N3O5S/c1-11(18-12-3-5-13(6-4-12)20-26(2,22)23)17(21)19-14-7-8-15-16(9-14)25-10-24-15/h3-9,11,18,20H,10H2,1-2H3,(H,19,21)/t11-/m1/s1. The molecular weight excluding hydrogens is 358 g/mol. The van der Waals surface area contributed by atoms with Crippen molar-refractivity contribution in [2.45, 2.75) is 13.0 Å². The number of hydrogen-bond acceptors (Lipinski definition) is 6. The second-order valence-corrected chi connectivity index (χ2v) is 7.62. The first-order valence-electron chi connectivity index (χ1n) is 7.85. The molecule has 0 unspecified atom stereocenters. The number of nitrogens with one attached hydrogen (secondary N) is 3. The first-order valence-corrected chi connectivity index (χ1v) is 9.74. The van der Waals surface area contributed by atoms with Gasteiger partial charge in [0.25, 0.3) is 0 Å². The topological polar surface area (TPSA) is 106 Å². The molecule has 0 fully saturated rings. The van der Waals surface area contributed by atoms with E-state index < -0.39 is 16.1 Å². The highest BCUT2D eigenvalue weighted by atomic mass is 32.2. The molecule has 8 nitrogen and oxygen atoms in total. The van der Waals surface area contributed by atoms with Crippen molar-refractivity contribution in [2.75, 3.05) is 28.4 Å². The van der Waals surface area contributed by atoms with E-state index in [-0.39, 0.29) is 12.7 Å². The van der Waals surface area contributed by atoms with Crippen molar-refractivity contribution in [3.8, 4) is 11.5 Å². The van der Waals surface area contributed by atoms with Crippen LogP contribution in [0.5, 0.6) is 11.5 Å². The maximum Gasteiger partial charge on any atom is 0.246 e. The number of ether oxygens (including phenoxy) is 2. The monoisotopic (exact) mass is 377 g/mol.